The average molecular weight is 235 g/mol. The minimum Gasteiger partial charge on any atom is -0.294 e. The van der Waals surface area contributed by atoms with Gasteiger partial charge in [0.1, 0.15) is 0 Å². The Morgan fingerprint density at radius 2 is 2.08 bits per heavy atom. The van der Waals surface area contributed by atoms with E-state index in [1.807, 2.05) is 0 Å². The van der Waals surface area contributed by atoms with E-state index in [9.17, 15) is 4.57 Å². The largest absolute Gasteiger partial charge is 0.327 e. The molecule has 0 saturated carbocycles. The van der Waals surface area contributed by atoms with Crippen molar-refractivity contribution in [1.82, 2.24) is 0 Å². The molecular formula is C8H17CoO2P. The van der Waals surface area contributed by atoms with Crippen LogP contribution in [0.5, 0.6) is 0 Å². The number of hydrogen-bond acceptors (Lipinski definition) is 2. The minimum atomic E-state index is -0.181. The summed E-state index contributed by atoms with van der Waals surface area (Å²) in [5, 5.41) is 0. The second-order valence-electron chi connectivity index (χ2n) is 2.79. The molecule has 0 aliphatic carbocycles. The Balaban J connectivity index is 0. The second kappa shape index (κ2) is 11.6. The van der Waals surface area contributed by atoms with Gasteiger partial charge in [-0.3, -0.25) is 4.52 Å². The molecule has 0 rings (SSSR count). The molecule has 0 aromatic carbocycles. The molecule has 0 aromatic heterocycles. The van der Waals surface area contributed by atoms with Gasteiger partial charge in [0.2, 0.25) is 0 Å². The van der Waals surface area contributed by atoms with Gasteiger partial charge < -0.3 is 0 Å². The summed E-state index contributed by atoms with van der Waals surface area (Å²) >= 11 is 0. The Morgan fingerprint density at radius 3 is 2.50 bits per heavy atom. The van der Waals surface area contributed by atoms with Crippen LogP contribution in [0.1, 0.15) is 39.5 Å². The molecule has 0 heterocycles. The van der Waals surface area contributed by atoms with E-state index < -0.39 is 0 Å². The molecule has 1 radical (unpaired) electrons. The van der Waals surface area contributed by atoms with Crippen molar-refractivity contribution in [2.75, 3.05) is 6.61 Å². The zero-order valence-corrected chi connectivity index (χ0v) is 9.65. The fourth-order valence-electron chi connectivity index (χ4n) is 1.03. The zero-order valence-electron chi connectivity index (χ0n) is 7.71. The summed E-state index contributed by atoms with van der Waals surface area (Å²) in [6.07, 6.45) is 4.79. The monoisotopic (exact) mass is 235 g/mol. The third-order valence-electron chi connectivity index (χ3n) is 1.91. The van der Waals surface area contributed by atoms with Crippen LogP contribution in [-0.4, -0.2) is 6.61 Å². The van der Waals surface area contributed by atoms with Gasteiger partial charge in [0, 0.05) is 16.8 Å². The number of unbranched alkanes of at least 4 members (excludes halogenated alkanes) is 1. The molecule has 4 heteroatoms. The molecule has 0 spiro atoms. The van der Waals surface area contributed by atoms with E-state index in [1.54, 1.807) is 0 Å². The maximum Gasteiger partial charge on any atom is 0.327 e. The first kappa shape index (κ1) is 15.1. The normalized spacial score (nSPS) is 12.5. The Morgan fingerprint density at radius 1 is 1.42 bits per heavy atom. The Labute approximate surface area is 86.9 Å². The first-order valence-electron chi connectivity index (χ1n) is 4.29. The molecule has 0 saturated heterocycles. The Bertz CT molecular complexity index is 101. The van der Waals surface area contributed by atoms with Crippen LogP contribution >= 0.6 is 8.69 Å². The summed E-state index contributed by atoms with van der Waals surface area (Å²) in [7, 11) is -0.181. The molecular weight excluding hydrogens is 218 g/mol. The van der Waals surface area contributed by atoms with Gasteiger partial charge >= 0.3 is 8.69 Å². The zero-order chi connectivity index (χ0) is 8.53. The van der Waals surface area contributed by atoms with Crippen LogP contribution in [0.4, 0.5) is 0 Å². The van der Waals surface area contributed by atoms with Gasteiger partial charge in [-0.2, -0.15) is 0 Å². The van der Waals surface area contributed by atoms with Gasteiger partial charge in [-0.15, -0.1) is 0 Å². The third kappa shape index (κ3) is 8.66. The molecule has 0 aliphatic heterocycles. The molecule has 75 valence electrons. The molecule has 12 heavy (non-hydrogen) atoms. The summed E-state index contributed by atoms with van der Waals surface area (Å²) in [5.41, 5.74) is 0. The maximum atomic E-state index is 9.97. The van der Waals surface area contributed by atoms with Gasteiger partial charge in [0.25, 0.3) is 0 Å². The van der Waals surface area contributed by atoms with Crippen LogP contribution in [0.15, 0.2) is 0 Å². The summed E-state index contributed by atoms with van der Waals surface area (Å²) < 4.78 is 14.8. The van der Waals surface area contributed by atoms with Crippen LogP contribution in [0, 0.1) is 5.92 Å². The summed E-state index contributed by atoms with van der Waals surface area (Å²) in [4.78, 5) is 0. The third-order valence-corrected chi connectivity index (χ3v) is 2.16. The van der Waals surface area contributed by atoms with Crippen molar-refractivity contribution in [2.24, 2.45) is 5.92 Å². The molecule has 1 atom stereocenters. The van der Waals surface area contributed by atoms with Crippen molar-refractivity contribution < 1.29 is 25.9 Å². The van der Waals surface area contributed by atoms with Crippen molar-refractivity contribution in [1.29, 1.82) is 0 Å². The van der Waals surface area contributed by atoms with Crippen molar-refractivity contribution in [2.45, 2.75) is 39.5 Å². The molecule has 0 fully saturated rings. The van der Waals surface area contributed by atoms with E-state index in [1.165, 1.54) is 19.3 Å². The SMILES string of the molecule is CCCCC(CC)COP=O.[Co]. The first-order valence-corrected chi connectivity index (χ1v) is 5.02. The maximum absolute atomic E-state index is 9.97. The van der Waals surface area contributed by atoms with Crippen LogP contribution < -0.4 is 0 Å². The van der Waals surface area contributed by atoms with E-state index in [0.29, 0.717) is 12.5 Å². The van der Waals surface area contributed by atoms with Gasteiger partial charge in [-0.25, -0.2) is 4.57 Å². The minimum absolute atomic E-state index is 0. The van der Waals surface area contributed by atoms with Crippen molar-refractivity contribution in [3.63, 3.8) is 0 Å². The van der Waals surface area contributed by atoms with E-state index in [2.05, 4.69) is 13.8 Å². The van der Waals surface area contributed by atoms with E-state index in [4.69, 9.17) is 4.52 Å². The van der Waals surface area contributed by atoms with Crippen LogP contribution in [-0.2, 0) is 25.9 Å². The van der Waals surface area contributed by atoms with Crippen molar-refractivity contribution in [3.8, 4) is 0 Å². The smallest absolute Gasteiger partial charge is 0.294 e. The molecule has 1 unspecified atom stereocenters. The molecule has 0 aromatic rings. The van der Waals surface area contributed by atoms with E-state index >= 15 is 0 Å². The second-order valence-corrected chi connectivity index (χ2v) is 3.19. The standard InChI is InChI=1S/C8H17O2P.Co/c1-3-5-6-8(4-2)7-10-11-9;/h8H,3-7H2,1-2H3;. The first-order chi connectivity index (χ1) is 5.35. The molecule has 0 amide bonds. The quantitative estimate of drug-likeness (QED) is 0.632. The average Bonchev–Trinajstić information content (AvgIpc) is 2.05. The molecule has 2 nitrogen and oxygen atoms in total. The predicted molar refractivity (Wildman–Crippen MR) is 46.9 cm³/mol. The molecule has 0 N–H and O–H groups in total. The van der Waals surface area contributed by atoms with Crippen LogP contribution in [0.3, 0.4) is 0 Å². The molecule has 0 aliphatic rings. The van der Waals surface area contributed by atoms with Crippen molar-refractivity contribution in [3.05, 3.63) is 0 Å². The van der Waals surface area contributed by atoms with Crippen LogP contribution in [0.25, 0.3) is 0 Å². The van der Waals surface area contributed by atoms with Gasteiger partial charge in [0.05, 0.1) is 6.61 Å². The van der Waals surface area contributed by atoms with Crippen LogP contribution in [0.2, 0.25) is 0 Å². The summed E-state index contributed by atoms with van der Waals surface area (Å²) in [6.45, 7) is 4.96. The van der Waals surface area contributed by atoms with Gasteiger partial charge in [-0.05, 0) is 12.3 Å². The predicted octanol–water partition coefficient (Wildman–Crippen LogP) is 3.42. The number of rotatable bonds is 7. The molecule has 0 bridgehead atoms. The topological polar surface area (TPSA) is 26.3 Å². The fraction of sp³-hybridized carbons (Fsp3) is 1.00. The summed E-state index contributed by atoms with van der Waals surface area (Å²) in [5.74, 6) is 0.594. The fourth-order valence-corrected chi connectivity index (χ4v) is 1.31. The van der Waals surface area contributed by atoms with Gasteiger partial charge in [-0.1, -0.05) is 33.1 Å². The van der Waals surface area contributed by atoms with E-state index in [-0.39, 0.29) is 25.5 Å². The van der Waals surface area contributed by atoms with E-state index in [0.717, 1.165) is 6.42 Å². The van der Waals surface area contributed by atoms with Crippen molar-refractivity contribution >= 4 is 8.69 Å². The number of hydrogen-bond donors (Lipinski definition) is 0. The Hall–Kier alpha value is 0.566. The van der Waals surface area contributed by atoms with Gasteiger partial charge in [0.15, 0.2) is 0 Å². The Kier molecular flexibility index (Phi) is 14.5. The summed E-state index contributed by atoms with van der Waals surface area (Å²) in [6, 6.07) is 0.